The summed E-state index contributed by atoms with van der Waals surface area (Å²) in [4.78, 5) is 42.5. The molecule has 0 spiro atoms. The number of fused-ring (bicyclic) bond motifs is 1. The molecular weight excluding hydrogens is 304 g/mol. The van der Waals surface area contributed by atoms with Crippen molar-refractivity contribution in [1.29, 1.82) is 0 Å². The van der Waals surface area contributed by atoms with E-state index in [9.17, 15) is 14.4 Å². The van der Waals surface area contributed by atoms with E-state index in [0.29, 0.717) is 4.96 Å². The number of hydrogen-bond donors (Lipinski definition) is 1. The molecule has 2 heterocycles. The highest BCUT2D eigenvalue weighted by Gasteiger charge is 2.30. The lowest BCUT2D eigenvalue weighted by atomic mass is 10.1. The number of nitrogens with zero attached hydrogens (tertiary/aromatic N) is 3. The average Bonchev–Trinajstić information content (AvgIpc) is 3.15. The number of hydrogen-bond acceptors (Lipinski definition) is 5. The Balaban J connectivity index is 1.98. The molecule has 22 heavy (non-hydrogen) atoms. The summed E-state index contributed by atoms with van der Waals surface area (Å²) in [5, 5.41) is 1.73. The maximum absolute atomic E-state index is 12.7. The van der Waals surface area contributed by atoms with Gasteiger partial charge in [-0.1, -0.05) is 12.8 Å². The summed E-state index contributed by atoms with van der Waals surface area (Å²) in [5.41, 5.74) is 4.82. The van der Waals surface area contributed by atoms with Crippen LogP contribution in [0.3, 0.4) is 0 Å². The minimum Gasteiger partial charge on any atom is -0.368 e. The van der Waals surface area contributed by atoms with Crippen molar-refractivity contribution in [3.05, 3.63) is 33.7 Å². The van der Waals surface area contributed by atoms with Crippen LogP contribution in [0.15, 0.2) is 22.6 Å². The minimum absolute atomic E-state index is 0.0240. The van der Waals surface area contributed by atoms with Gasteiger partial charge >= 0.3 is 0 Å². The Hall–Kier alpha value is -2.22. The van der Waals surface area contributed by atoms with E-state index in [0.717, 1.165) is 25.7 Å². The molecule has 0 aliphatic heterocycles. The van der Waals surface area contributed by atoms with Crippen molar-refractivity contribution < 1.29 is 9.59 Å². The van der Waals surface area contributed by atoms with Crippen LogP contribution in [0.1, 0.15) is 36.0 Å². The van der Waals surface area contributed by atoms with E-state index in [1.807, 2.05) is 0 Å². The van der Waals surface area contributed by atoms with Crippen molar-refractivity contribution in [2.45, 2.75) is 31.7 Å². The van der Waals surface area contributed by atoms with E-state index in [-0.39, 0.29) is 18.2 Å². The van der Waals surface area contributed by atoms with Gasteiger partial charge in [0.15, 0.2) is 4.96 Å². The summed E-state index contributed by atoms with van der Waals surface area (Å²) in [5.74, 6) is -1.05. The minimum atomic E-state index is -0.579. The maximum Gasteiger partial charge on any atom is 0.271 e. The van der Waals surface area contributed by atoms with Gasteiger partial charge in [0.1, 0.15) is 5.56 Å². The molecule has 1 aliphatic carbocycles. The first-order valence-electron chi connectivity index (χ1n) is 7.12. The predicted molar refractivity (Wildman–Crippen MR) is 81.8 cm³/mol. The zero-order valence-corrected chi connectivity index (χ0v) is 12.7. The summed E-state index contributed by atoms with van der Waals surface area (Å²) in [7, 11) is 0. The molecule has 1 aliphatic rings. The Labute approximate surface area is 130 Å². The Kier molecular flexibility index (Phi) is 3.93. The highest BCUT2D eigenvalue weighted by Crippen LogP contribution is 2.24. The van der Waals surface area contributed by atoms with Crippen LogP contribution in [0.25, 0.3) is 4.96 Å². The fourth-order valence-electron chi connectivity index (χ4n) is 2.88. The quantitative estimate of drug-likeness (QED) is 0.893. The zero-order chi connectivity index (χ0) is 15.7. The van der Waals surface area contributed by atoms with E-state index >= 15 is 0 Å². The van der Waals surface area contributed by atoms with Crippen molar-refractivity contribution in [3.63, 3.8) is 0 Å². The van der Waals surface area contributed by atoms with Crippen LogP contribution in [0, 0.1) is 0 Å². The second-order valence-corrected chi connectivity index (χ2v) is 6.24. The van der Waals surface area contributed by atoms with Crippen molar-refractivity contribution >= 4 is 28.1 Å². The SMILES string of the molecule is NC(=O)CN(C(=O)c1cnc2sccn2c1=O)C1CCCC1. The normalized spacial score (nSPS) is 15.3. The van der Waals surface area contributed by atoms with Gasteiger partial charge in [-0.05, 0) is 12.8 Å². The Morgan fingerprint density at radius 1 is 1.41 bits per heavy atom. The van der Waals surface area contributed by atoms with Crippen LogP contribution in [-0.4, -0.2) is 38.7 Å². The summed E-state index contributed by atoms with van der Waals surface area (Å²) in [6.45, 7) is -0.171. The molecule has 3 rings (SSSR count). The van der Waals surface area contributed by atoms with Crippen molar-refractivity contribution in [2.24, 2.45) is 5.73 Å². The molecule has 2 amide bonds. The highest BCUT2D eigenvalue weighted by molar-refractivity contribution is 7.15. The number of carbonyl (C=O) groups excluding carboxylic acids is 2. The monoisotopic (exact) mass is 320 g/mol. The van der Waals surface area contributed by atoms with Crippen LogP contribution >= 0.6 is 11.3 Å². The van der Waals surface area contributed by atoms with Crippen molar-refractivity contribution in [3.8, 4) is 0 Å². The fourth-order valence-corrected chi connectivity index (χ4v) is 3.55. The lowest BCUT2D eigenvalue weighted by Gasteiger charge is -2.27. The number of thiazole rings is 1. The zero-order valence-electron chi connectivity index (χ0n) is 11.9. The molecule has 7 nitrogen and oxygen atoms in total. The molecular formula is C14H16N4O3S. The Morgan fingerprint density at radius 3 is 2.82 bits per heavy atom. The van der Waals surface area contributed by atoms with Gasteiger partial charge in [-0.15, -0.1) is 11.3 Å². The summed E-state index contributed by atoms with van der Waals surface area (Å²) >= 11 is 1.32. The third-order valence-corrected chi connectivity index (χ3v) is 4.70. The number of rotatable bonds is 4. The molecule has 0 bridgehead atoms. The average molecular weight is 320 g/mol. The number of primary amides is 1. The van der Waals surface area contributed by atoms with Gasteiger partial charge < -0.3 is 10.6 Å². The van der Waals surface area contributed by atoms with E-state index in [1.54, 1.807) is 11.6 Å². The maximum atomic E-state index is 12.7. The number of nitrogens with two attached hydrogens (primary N) is 1. The number of aromatic nitrogens is 2. The summed E-state index contributed by atoms with van der Waals surface area (Å²) < 4.78 is 1.34. The third-order valence-electron chi connectivity index (χ3n) is 3.93. The van der Waals surface area contributed by atoms with Crippen molar-refractivity contribution in [1.82, 2.24) is 14.3 Å². The first-order chi connectivity index (χ1) is 10.6. The fraction of sp³-hybridized carbons (Fsp3) is 0.429. The van der Waals surface area contributed by atoms with E-state index < -0.39 is 17.4 Å². The standard InChI is InChI=1S/C14H16N4O3S/c15-11(19)8-18(9-3-1-2-4-9)13(21)10-7-16-14-17(12(10)20)5-6-22-14/h5-7,9H,1-4,8H2,(H2,15,19). The third kappa shape index (κ3) is 2.61. The van der Waals surface area contributed by atoms with Gasteiger partial charge in [0.25, 0.3) is 11.5 Å². The Morgan fingerprint density at radius 2 is 2.14 bits per heavy atom. The smallest absolute Gasteiger partial charge is 0.271 e. The van der Waals surface area contributed by atoms with Crippen LogP contribution in [-0.2, 0) is 4.79 Å². The largest absolute Gasteiger partial charge is 0.368 e. The molecule has 2 aromatic heterocycles. The van der Waals surface area contributed by atoms with Gasteiger partial charge in [-0.25, -0.2) is 4.98 Å². The highest BCUT2D eigenvalue weighted by atomic mass is 32.1. The van der Waals surface area contributed by atoms with Gasteiger partial charge in [-0.2, -0.15) is 0 Å². The van der Waals surface area contributed by atoms with E-state index in [4.69, 9.17) is 5.73 Å². The van der Waals surface area contributed by atoms with Crippen LogP contribution < -0.4 is 11.3 Å². The number of carbonyl (C=O) groups is 2. The molecule has 2 N–H and O–H groups in total. The molecule has 0 radical (unpaired) electrons. The van der Waals surface area contributed by atoms with Crippen LogP contribution in [0.2, 0.25) is 0 Å². The summed E-state index contributed by atoms with van der Waals surface area (Å²) in [6.07, 6.45) is 6.55. The van der Waals surface area contributed by atoms with Crippen molar-refractivity contribution in [2.75, 3.05) is 6.54 Å². The lowest BCUT2D eigenvalue weighted by molar-refractivity contribution is -0.119. The van der Waals surface area contributed by atoms with Gasteiger partial charge in [0, 0.05) is 23.8 Å². The lowest BCUT2D eigenvalue weighted by Crippen LogP contribution is -2.46. The molecule has 0 saturated heterocycles. The molecule has 0 unspecified atom stereocenters. The second kappa shape index (κ2) is 5.88. The van der Waals surface area contributed by atoms with E-state index in [1.165, 1.54) is 26.8 Å². The molecule has 1 fully saturated rings. The van der Waals surface area contributed by atoms with Crippen LogP contribution in [0.4, 0.5) is 0 Å². The molecule has 2 aromatic rings. The van der Waals surface area contributed by atoms with E-state index in [2.05, 4.69) is 4.98 Å². The molecule has 0 atom stereocenters. The number of amides is 2. The second-order valence-electron chi connectivity index (χ2n) is 5.37. The summed E-state index contributed by atoms with van der Waals surface area (Å²) in [6, 6.07) is -0.0393. The molecule has 8 heteroatoms. The first kappa shape index (κ1) is 14.7. The molecule has 1 saturated carbocycles. The van der Waals surface area contributed by atoms with Gasteiger partial charge in [-0.3, -0.25) is 18.8 Å². The topological polar surface area (TPSA) is 97.8 Å². The van der Waals surface area contributed by atoms with Gasteiger partial charge in [0.2, 0.25) is 5.91 Å². The molecule has 0 aromatic carbocycles. The first-order valence-corrected chi connectivity index (χ1v) is 8.00. The van der Waals surface area contributed by atoms with Crippen LogP contribution in [0.5, 0.6) is 0 Å². The molecule has 116 valence electrons. The van der Waals surface area contributed by atoms with Gasteiger partial charge in [0.05, 0.1) is 6.54 Å². The predicted octanol–water partition coefficient (Wildman–Crippen LogP) is 0.626. The Bertz CT molecular complexity index is 776.